The Hall–Kier alpha value is -1.90. The lowest BCUT2D eigenvalue weighted by molar-refractivity contribution is -0.384. The van der Waals surface area contributed by atoms with Gasteiger partial charge < -0.3 is 10.1 Å². The summed E-state index contributed by atoms with van der Waals surface area (Å²) in [6.07, 6.45) is 1.11. The molecular weight excluding hydrogens is 286 g/mol. The fourth-order valence-corrected chi connectivity index (χ4v) is 1.59. The number of nitrogens with zero attached hydrogens (tertiary/aromatic N) is 2. The van der Waals surface area contributed by atoms with Crippen LogP contribution in [0.25, 0.3) is 0 Å². The van der Waals surface area contributed by atoms with Crippen molar-refractivity contribution in [1.82, 2.24) is 4.98 Å². The SMILES string of the molecule is COc1ccc([N+](=O)[O-])c(NCC(C)(C)S(C)(=O)=O)n1. The number of ether oxygens (including phenoxy) is 1. The molecule has 112 valence electrons. The molecule has 9 heteroatoms. The van der Waals surface area contributed by atoms with E-state index >= 15 is 0 Å². The number of nitro groups is 1. The molecule has 1 rings (SSSR count). The van der Waals surface area contributed by atoms with Crippen molar-refractivity contribution in [3.8, 4) is 5.88 Å². The molecule has 0 aliphatic carbocycles. The zero-order valence-electron chi connectivity index (χ0n) is 11.7. The molecule has 0 bridgehead atoms. The van der Waals surface area contributed by atoms with Crippen LogP contribution in [-0.2, 0) is 9.84 Å². The zero-order chi connectivity index (χ0) is 15.6. The summed E-state index contributed by atoms with van der Waals surface area (Å²) in [5, 5.41) is 13.6. The normalized spacial score (nSPS) is 12.0. The summed E-state index contributed by atoms with van der Waals surface area (Å²) in [6, 6.07) is 2.62. The predicted molar refractivity (Wildman–Crippen MR) is 74.9 cm³/mol. The number of hydrogen-bond acceptors (Lipinski definition) is 7. The minimum Gasteiger partial charge on any atom is -0.481 e. The summed E-state index contributed by atoms with van der Waals surface area (Å²) in [7, 11) is -1.93. The number of rotatable bonds is 6. The maximum Gasteiger partial charge on any atom is 0.311 e. The van der Waals surface area contributed by atoms with Crippen LogP contribution in [0.1, 0.15) is 13.8 Å². The highest BCUT2D eigenvalue weighted by Gasteiger charge is 2.31. The minimum absolute atomic E-state index is 0.00710. The predicted octanol–water partition coefficient (Wildman–Crippen LogP) is 1.23. The van der Waals surface area contributed by atoms with Gasteiger partial charge in [-0.1, -0.05) is 0 Å². The third-order valence-corrected chi connectivity index (χ3v) is 5.09. The highest BCUT2D eigenvalue weighted by Crippen LogP contribution is 2.26. The third kappa shape index (κ3) is 3.56. The van der Waals surface area contributed by atoms with E-state index in [9.17, 15) is 18.5 Å². The molecule has 1 N–H and O–H groups in total. The Morgan fingerprint density at radius 2 is 2.05 bits per heavy atom. The zero-order valence-corrected chi connectivity index (χ0v) is 12.5. The van der Waals surface area contributed by atoms with Crippen molar-refractivity contribution in [3.63, 3.8) is 0 Å². The summed E-state index contributed by atoms with van der Waals surface area (Å²) in [5.41, 5.74) is -0.241. The summed E-state index contributed by atoms with van der Waals surface area (Å²) in [4.78, 5) is 14.2. The lowest BCUT2D eigenvalue weighted by atomic mass is 10.2. The van der Waals surface area contributed by atoms with Crippen LogP contribution in [0, 0.1) is 10.1 Å². The summed E-state index contributed by atoms with van der Waals surface area (Å²) < 4.78 is 27.0. The monoisotopic (exact) mass is 303 g/mol. The first-order valence-corrected chi connectivity index (χ1v) is 7.60. The van der Waals surface area contributed by atoms with Gasteiger partial charge in [0, 0.05) is 24.9 Å². The van der Waals surface area contributed by atoms with Gasteiger partial charge in [-0.15, -0.1) is 0 Å². The number of hydrogen-bond donors (Lipinski definition) is 1. The van der Waals surface area contributed by atoms with Gasteiger partial charge in [0.15, 0.2) is 9.84 Å². The average Bonchev–Trinajstić information content (AvgIpc) is 2.34. The number of pyridine rings is 1. The molecule has 0 unspecified atom stereocenters. The molecule has 0 aliphatic heterocycles. The molecule has 0 fully saturated rings. The van der Waals surface area contributed by atoms with E-state index in [1.165, 1.54) is 33.1 Å². The van der Waals surface area contributed by atoms with Crippen LogP contribution in [0.2, 0.25) is 0 Å². The van der Waals surface area contributed by atoms with Crippen LogP contribution in [0.5, 0.6) is 5.88 Å². The van der Waals surface area contributed by atoms with Gasteiger partial charge in [-0.25, -0.2) is 8.42 Å². The molecule has 8 nitrogen and oxygen atoms in total. The fourth-order valence-electron chi connectivity index (χ4n) is 1.25. The van der Waals surface area contributed by atoms with E-state index in [-0.39, 0.29) is 23.9 Å². The number of aromatic nitrogens is 1. The molecule has 0 saturated carbocycles. The molecule has 1 aromatic rings. The van der Waals surface area contributed by atoms with Crippen molar-refractivity contribution in [2.45, 2.75) is 18.6 Å². The summed E-state index contributed by atoms with van der Waals surface area (Å²) >= 11 is 0. The van der Waals surface area contributed by atoms with Gasteiger partial charge in [-0.2, -0.15) is 4.98 Å². The molecule has 1 heterocycles. The highest BCUT2D eigenvalue weighted by molar-refractivity contribution is 7.92. The first-order chi connectivity index (χ1) is 9.08. The van der Waals surface area contributed by atoms with Crippen molar-refractivity contribution in [2.75, 3.05) is 25.2 Å². The molecule has 0 amide bonds. The first kappa shape index (κ1) is 16.2. The molecule has 0 atom stereocenters. The average molecular weight is 303 g/mol. The van der Waals surface area contributed by atoms with E-state index in [0.29, 0.717) is 0 Å². The van der Waals surface area contributed by atoms with Gasteiger partial charge >= 0.3 is 5.69 Å². The summed E-state index contributed by atoms with van der Waals surface area (Å²) in [6.45, 7) is 3.05. The molecule has 0 aromatic carbocycles. The summed E-state index contributed by atoms with van der Waals surface area (Å²) in [5.74, 6) is 0.182. The molecule has 1 aromatic heterocycles. The lowest BCUT2D eigenvalue weighted by Crippen LogP contribution is -2.38. The lowest BCUT2D eigenvalue weighted by Gasteiger charge is -2.22. The van der Waals surface area contributed by atoms with Gasteiger partial charge in [0.05, 0.1) is 16.8 Å². The number of sulfone groups is 1. The number of methoxy groups -OCH3 is 1. The molecule has 0 spiro atoms. The molecule has 0 radical (unpaired) electrons. The third-order valence-electron chi connectivity index (χ3n) is 2.94. The van der Waals surface area contributed by atoms with E-state index in [1.54, 1.807) is 0 Å². The van der Waals surface area contributed by atoms with Crippen LogP contribution in [0.15, 0.2) is 12.1 Å². The fraction of sp³-hybridized carbons (Fsp3) is 0.545. The van der Waals surface area contributed by atoms with Gasteiger partial charge in [-0.3, -0.25) is 10.1 Å². The van der Waals surface area contributed by atoms with Gasteiger partial charge in [0.2, 0.25) is 11.7 Å². The van der Waals surface area contributed by atoms with Crippen LogP contribution in [-0.4, -0.2) is 43.0 Å². The minimum atomic E-state index is -3.31. The van der Waals surface area contributed by atoms with E-state index in [1.807, 2.05) is 0 Å². The second-order valence-electron chi connectivity index (χ2n) is 4.86. The van der Waals surface area contributed by atoms with Crippen molar-refractivity contribution in [2.24, 2.45) is 0 Å². The van der Waals surface area contributed by atoms with Crippen molar-refractivity contribution in [3.05, 3.63) is 22.2 Å². The van der Waals surface area contributed by atoms with Crippen LogP contribution >= 0.6 is 0 Å². The van der Waals surface area contributed by atoms with Crippen LogP contribution < -0.4 is 10.1 Å². The number of anilines is 1. The Kier molecular flexibility index (Phi) is 4.53. The Labute approximate surface area is 117 Å². The maximum atomic E-state index is 11.6. The Balaban J connectivity index is 3.05. The van der Waals surface area contributed by atoms with Crippen molar-refractivity contribution in [1.29, 1.82) is 0 Å². The Morgan fingerprint density at radius 3 is 2.50 bits per heavy atom. The molecular formula is C11H17N3O5S. The second kappa shape index (κ2) is 5.61. The maximum absolute atomic E-state index is 11.6. The van der Waals surface area contributed by atoms with Crippen LogP contribution in [0.4, 0.5) is 11.5 Å². The van der Waals surface area contributed by atoms with E-state index in [0.717, 1.165) is 6.26 Å². The quantitative estimate of drug-likeness (QED) is 0.621. The van der Waals surface area contributed by atoms with E-state index in [2.05, 4.69) is 10.3 Å². The van der Waals surface area contributed by atoms with Crippen molar-refractivity contribution < 1.29 is 18.1 Å². The largest absolute Gasteiger partial charge is 0.481 e. The Bertz CT molecular complexity index is 612. The van der Waals surface area contributed by atoms with Gasteiger partial charge in [0.25, 0.3) is 0 Å². The van der Waals surface area contributed by atoms with E-state index in [4.69, 9.17) is 4.74 Å². The number of nitrogens with one attached hydrogen (secondary N) is 1. The second-order valence-corrected chi connectivity index (χ2v) is 7.51. The Morgan fingerprint density at radius 1 is 1.45 bits per heavy atom. The standard InChI is InChI=1S/C11H17N3O5S/c1-11(2,20(4,17)18)7-12-10-8(14(15)16)5-6-9(13-10)19-3/h5-6H,7H2,1-4H3,(H,12,13). The topological polar surface area (TPSA) is 111 Å². The smallest absolute Gasteiger partial charge is 0.311 e. The molecule has 20 heavy (non-hydrogen) atoms. The molecule has 0 aliphatic rings. The van der Waals surface area contributed by atoms with Crippen LogP contribution in [0.3, 0.4) is 0 Å². The van der Waals surface area contributed by atoms with Crippen molar-refractivity contribution >= 4 is 21.3 Å². The highest BCUT2D eigenvalue weighted by atomic mass is 32.2. The van der Waals surface area contributed by atoms with Gasteiger partial charge in [-0.05, 0) is 13.8 Å². The molecule has 0 saturated heterocycles. The first-order valence-electron chi connectivity index (χ1n) is 5.71. The van der Waals surface area contributed by atoms with E-state index < -0.39 is 19.5 Å². The van der Waals surface area contributed by atoms with Gasteiger partial charge in [0.1, 0.15) is 0 Å².